The predicted octanol–water partition coefficient (Wildman–Crippen LogP) is 5.86. The first kappa shape index (κ1) is 22.8. The Hall–Kier alpha value is -2.41. The molecule has 5 nitrogen and oxygen atoms in total. The average Bonchev–Trinajstić information content (AvgIpc) is 3.20. The lowest BCUT2D eigenvalue weighted by Crippen LogP contribution is -2.28. The van der Waals surface area contributed by atoms with Gasteiger partial charge in [0.05, 0.1) is 5.52 Å². The number of aromatic nitrogens is 3. The number of nitrogens with zero attached hydrogens (tertiary/aromatic N) is 4. The highest BCUT2D eigenvalue weighted by molar-refractivity contribution is 8.33. The summed E-state index contributed by atoms with van der Waals surface area (Å²) >= 11 is 0. The Bertz CT molecular complexity index is 1030. The molecule has 3 aromatic rings. The molecular formula is C25H36FN5S. The van der Waals surface area contributed by atoms with Crippen LogP contribution in [0.5, 0.6) is 0 Å². The van der Waals surface area contributed by atoms with Gasteiger partial charge >= 0.3 is 0 Å². The maximum atomic E-state index is 13.1. The summed E-state index contributed by atoms with van der Waals surface area (Å²) in [4.78, 5) is 15.9. The number of halogens is 1. The van der Waals surface area contributed by atoms with Crippen LogP contribution >= 0.6 is 10.0 Å². The van der Waals surface area contributed by atoms with Crippen LogP contribution in [0.25, 0.3) is 10.9 Å². The summed E-state index contributed by atoms with van der Waals surface area (Å²) in [5, 5.41) is 4.42. The molecule has 0 saturated carbocycles. The molecule has 0 aliphatic carbocycles. The molecule has 0 atom stereocenters. The summed E-state index contributed by atoms with van der Waals surface area (Å²) in [5.41, 5.74) is 1.85. The topological polar surface area (TPSA) is 53.9 Å². The number of nitrogens with one attached hydrogen (secondary N) is 1. The van der Waals surface area contributed by atoms with Crippen LogP contribution in [0.3, 0.4) is 0 Å². The van der Waals surface area contributed by atoms with Gasteiger partial charge in [0, 0.05) is 32.6 Å². The molecule has 7 heteroatoms. The van der Waals surface area contributed by atoms with Gasteiger partial charge in [-0.3, -0.25) is 0 Å². The number of pyridine rings is 1. The van der Waals surface area contributed by atoms with Gasteiger partial charge in [-0.25, -0.2) is 20.0 Å². The van der Waals surface area contributed by atoms with Gasteiger partial charge in [0.25, 0.3) is 0 Å². The van der Waals surface area contributed by atoms with Gasteiger partial charge in [-0.2, -0.15) is 9.37 Å². The first-order valence-electron chi connectivity index (χ1n) is 11.8. The maximum absolute atomic E-state index is 13.1. The van der Waals surface area contributed by atoms with Crippen LogP contribution in [0.15, 0.2) is 42.6 Å². The van der Waals surface area contributed by atoms with E-state index in [-0.39, 0.29) is 1.43 Å². The van der Waals surface area contributed by atoms with E-state index in [1.54, 1.807) is 12.3 Å². The van der Waals surface area contributed by atoms with Crippen LogP contribution < -0.4 is 10.2 Å². The van der Waals surface area contributed by atoms with Crippen LogP contribution in [-0.4, -0.2) is 51.1 Å². The summed E-state index contributed by atoms with van der Waals surface area (Å²) in [6.07, 6.45) is 5.66. The van der Waals surface area contributed by atoms with Crippen molar-refractivity contribution in [2.75, 3.05) is 46.3 Å². The van der Waals surface area contributed by atoms with Crippen LogP contribution in [0.2, 0.25) is 0 Å². The van der Waals surface area contributed by atoms with Gasteiger partial charge in [0.1, 0.15) is 5.82 Å². The molecule has 1 spiro atoms. The molecule has 2 aromatic heterocycles. The van der Waals surface area contributed by atoms with E-state index in [0.717, 1.165) is 35.4 Å². The van der Waals surface area contributed by atoms with Gasteiger partial charge in [-0.05, 0) is 66.0 Å². The zero-order chi connectivity index (χ0) is 22.4. The monoisotopic (exact) mass is 457 g/mol. The molecule has 5 rings (SSSR count). The third-order valence-corrected chi connectivity index (χ3v) is 10.8. The fraction of sp³-hybridized carbons (Fsp3) is 0.480. The average molecular weight is 458 g/mol. The highest BCUT2D eigenvalue weighted by atomic mass is 32.3. The molecular weight excluding hydrogens is 421 g/mol. The minimum atomic E-state index is -0.466. The van der Waals surface area contributed by atoms with Crippen molar-refractivity contribution in [2.45, 2.75) is 39.7 Å². The lowest BCUT2D eigenvalue weighted by Gasteiger charge is -2.34. The van der Waals surface area contributed by atoms with Gasteiger partial charge < -0.3 is 10.2 Å². The standard InChI is InChI=1S/C23H28FN5S.C2H6.H2/c24-21-9-8-18(16-25-21)17-26-23-27-20-7-2-1-6-19(20)22(28-23)29-10-5-14-30(15-11-29)12-3-4-13-30;1-2;/h1-2,6-9,16H,3-5,10-15,17H2,(H,26,27,28);1-2H3;1H. The summed E-state index contributed by atoms with van der Waals surface area (Å²) in [6.45, 7) is 6.67. The first-order valence-corrected chi connectivity index (χ1v) is 14.1. The Morgan fingerprint density at radius 1 is 0.969 bits per heavy atom. The predicted molar refractivity (Wildman–Crippen MR) is 138 cm³/mol. The van der Waals surface area contributed by atoms with Crippen molar-refractivity contribution < 1.29 is 5.82 Å². The van der Waals surface area contributed by atoms with Crippen molar-refractivity contribution in [1.82, 2.24) is 15.0 Å². The van der Waals surface area contributed by atoms with E-state index in [1.807, 2.05) is 26.0 Å². The Kier molecular flexibility index (Phi) is 7.45. The number of fused-ring (bicyclic) bond motifs is 1. The molecule has 1 aromatic carbocycles. The number of anilines is 2. The lowest BCUT2D eigenvalue weighted by molar-refractivity contribution is 0.582. The molecule has 2 fully saturated rings. The van der Waals surface area contributed by atoms with Crippen molar-refractivity contribution >= 4 is 32.7 Å². The van der Waals surface area contributed by atoms with E-state index >= 15 is 0 Å². The summed E-state index contributed by atoms with van der Waals surface area (Å²) in [6, 6.07) is 11.4. The van der Waals surface area contributed by atoms with Crippen molar-refractivity contribution in [3.63, 3.8) is 0 Å². The van der Waals surface area contributed by atoms with E-state index in [9.17, 15) is 4.39 Å². The minimum Gasteiger partial charge on any atom is -0.355 e. The van der Waals surface area contributed by atoms with Gasteiger partial charge in [-0.1, -0.05) is 32.0 Å². The quantitative estimate of drug-likeness (QED) is 0.498. The van der Waals surface area contributed by atoms with Crippen LogP contribution in [0.4, 0.5) is 16.2 Å². The molecule has 0 bridgehead atoms. The molecule has 0 radical (unpaired) electrons. The highest BCUT2D eigenvalue weighted by Crippen LogP contribution is 2.55. The number of benzene rings is 1. The van der Waals surface area contributed by atoms with Crippen molar-refractivity contribution in [3.8, 4) is 0 Å². The van der Waals surface area contributed by atoms with Crippen LogP contribution in [0.1, 0.15) is 40.1 Å². The minimum absolute atomic E-state index is 0. The van der Waals surface area contributed by atoms with Gasteiger partial charge in [-0.15, -0.1) is 0 Å². The second-order valence-corrected chi connectivity index (χ2v) is 12.4. The van der Waals surface area contributed by atoms with E-state index in [0.29, 0.717) is 12.5 Å². The summed E-state index contributed by atoms with van der Waals surface area (Å²) in [5.74, 6) is 6.90. The molecule has 1 N–H and O–H groups in total. The third kappa shape index (κ3) is 5.14. The Labute approximate surface area is 193 Å². The Morgan fingerprint density at radius 3 is 2.53 bits per heavy atom. The van der Waals surface area contributed by atoms with Crippen LogP contribution in [0, 0.1) is 5.95 Å². The van der Waals surface area contributed by atoms with Crippen molar-refractivity contribution in [1.29, 1.82) is 0 Å². The van der Waals surface area contributed by atoms with E-state index < -0.39 is 16.0 Å². The molecule has 4 heterocycles. The maximum Gasteiger partial charge on any atom is 0.225 e. The second-order valence-electron chi connectivity index (χ2n) is 8.32. The number of para-hydroxylation sites is 1. The zero-order valence-corrected chi connectivity index (χ0v) is 20.0. The number of hydrogen-bond acceptors (Lipinski definition) is 5. The largest absolute Gasteiger partial charge is 0.355 e. The van der Waals surface area contributed by atoms with E-state index in [1.165, 1.54) is 48.3 Å². The Balaban J connectivity index is 0.000000994. The smallest absolute Gasteiger partial charge is 0.225 e. The molecule has 174 valence electrons. The molecule has 2 aliphatic heterocycles. The third-order valence-electron chi connectivity index (χ3n) is 6.33. The SMILES string of the molecule is CC.Fc1ccc(CNc2nc(N3CCCS4(CCCC4)CC3)c3ccccc3n2)cn1.[HH]. The number of hydrogen-bond donors (Lipinski definition) is 1. The normalized spacial score (nSPS) is 18.7. The Morgan fingerprint density at radius 2 is 1.75 bits per heavy atom. The fourth-order valence-corrected chi connectivity index (χ4v) is 8.90. The fourth-order valence-electron chi connectivity index (χ4n) is 4.69. The first-order chi connectivity index (χ1) is 15.7. The van der Waals surface area contributed by atoms with Crippen molar-refractivity contribution in [3.05, 3.63) is 54.1 Å². The van der Waals surface area contributed by atoms with Gasteiger partial charge in [0.2, 0.25) is 11.9 Å². The van der Waals surface area contributed by atoms with Crippen LogP contribution in [-0.2, 0) is 6.54 Å². The second kappa shape index (κ2) is 10.5. The molecule has 32 heavy (non-hydrogen) atoms. The zero-order valence-electron chi connectivity index (χ0n) is 19.2. The molecule has 0 unspecified atom stereocenters. The number of rotatable bonds is 4. The highest BCUT2D eigenvalue weighted by Gasteiger charge is 2.31. The molecule has 2 aliphatic rings. The molecule has 2 saturated heterocycles. The summed E-state index contributed by atoms with van der Waals surface area (Å²) < 4.78 is 13.1. The van der Waals surface area contributed by atoms with E-state index in [2.05, 4.69) is 27.3 Å². The van der Waals surface area contributed by atoms with E-state index in [4.69, 9.17) is 9.97 Å². The van der Waals surface area contributed by atoms with Crippen molar-refractivity contribution in [2.24, 2.45) is 0 Å². The van der Waals surface area contributed by atoms with Gasteiger partial charge in [0.15, 0.2) is 0 Å². The molecule has 0 amide bonds. The lowest BCUT2D eigenvalue weighted by atomic mass is 10.2. The summed E-state index contributed by atoms with van der Waals surface area (Å²) in [7, 11) is -0.391.